The molecular weight excluding hydrogens is 197 g/mol. The molecule has 15 heavy (non-hydrogen) atoms. The van der Waals surface area contributed by atoms with Gasteiger partial charge in [-0.1, -0.05) is 0 Å². The van der Waals surface area contributed by atoms with Crippen molar-refractivity contribution in [1.82, 2.24) is 9.97 Å². The predicted molar refractivity (Wildman–Crippen MR) is 53.9 cm³/mol. The van der Waals surface area contributed by atoms with E-state index in [9.17, 15) is 9.18 Å². The lowest BCUT2D eigenvalue weighted by Gasteiger charge is -2.17. The fourth-order valence-corrected chi connectivity index (χ4v) is 1.81. The number of nitrogens with one attached hydrogen (secondary N) is 3. The van der Waals surface area contributed by atoms with Crippen LogP contribution < -0.4 is 11.0 Å². The zero-order valence-electron chi connectivity index (χ0n) is 7.73. The number of rotatable bonds is 0. The summed E-state index contributed by atoms with van der Waals surface area (Å²) in [7, 11) is 0. The van der Waals surface area contributed by atoms with Crippen LogP contribution in [0, 0.1) is 5.82 Å². The Labute approximate surface area is 84.2 Å². The van der Waals surface area contributed by atoms with Crippen LogP contribution in [0.4, 0.5) is 15.9 Å². The largest absolute Gasteiger partial charge is 0.340 e. The van der Waals surface area contributed by atoms with Crippen molar-refractivity contribution in [1.29, 1.82) is 0 Å². The second kappa shape index (κ2) is 2.73. The summed E-state index contributed by atoms with van der Waals surface area (Å²) in [5.74, 6) is 0.399. The molecule has 0 saturated heterocycles. The molecule has 0 fully saturated rings. The normalized spacial score (nSPS) is 12.9. The second-order valence-corrected chi connectivity index (χ2v) is 3.54. The molecule has 0 radical (unpaired) electrons. The maximum atomic E-state index is 13.0. The number of imidazole rings is 1. The van der Waals surface area contributed by atoms with Crippen LogP contribution in [0.1, 0.15) is 11.3 Å². The van der Waals surface area contributed by atoms with E-state index in [4.69, 9.17) is 0 Å². The van der Waals surface area contributed by atoms with Crippen molar-refractivity contribution in [3.63, 3.8) is 0 Å². The minimum atomic E-state index is -0.267. The molecule has 0 amide bonds. The minimum Gasteiger partial charge on any atom is -0.340 e. The Morgan fingerprint density at radius 3 is 3.00 bits per heavy atom. The number of H-pyrrole nitrogens is 2. The van der Waals surface area contributed by atoms with E-state index in [0.717, 1.165) is 16.9 Å². The van der Waals surface area contributed by atoms with Crippen molar-refractivity contribution in [2.45, 2.75) is 6.42 Å². The quantitative estimate of drug-likeness (QED) is 0.520. The molecule has 0 atom stereocenters. The third-order valence-electron chi connectivity index (χ3n) is 2.50. The molecule has 1 aromatic carbocycles. The van der Waals surface area contributed by atoms with Gasteiger partial charge in [-0.2, -0.15) is 0 Å². The van der Waals surface area contributed by atoms with Gasteiger partial charge in [-0.3, -0.25) is 4.98 Å². The lowest BCUT2D eigenvalue weighted by Crippen LogP contribution is -2.06. The highest BCUT2D eigenvalue weighted by atomic mass is 19.1. The average Bonchev–Trinajstić information content (AvgIpc) is 2.53. The van der Waals surface area contributed by atoms with E-state index < -0.39 is 0 Å². The van der Waals surface area contributed by atoms with Crippen molar-refractivity contribution in [2.24, 2.45) is 0 Å². The van der Waals surface area contributed by atoms with Crippen LogP contribution in [0.3, 0.4) is 0 Å². The SMILES string of the molecule is O=c1[nH]c2c([nH]1)Nc1ccc(F)cc1C2. The Morgan fingerprint density at radius 1 is 1.27 bits per heavy atom. The topological polar surface area (TPSA) is 60.7 Å². The van der Waals surface area contributed by atoms with Crippen LogP contribution in [0.15, 0.2) is 23.0 Å². The first-order valence-electron chi connectivity index (χ1n) is 4.59. The lowest BCUT2D eigenvalue weighted by atomic mass is 10.0. The molecule has 2 heterocycles. The molecule has 3 N–H and O–H groups in total. The van der Waals surface area contributed by atoms with Gasteiger partial charge in [0, 0.05) is 12.1 Å². The maximum absolute atomic E-state index is 13.0. The van der Waals surface area contributed by atoms with Crippen molar-refractivity contribution in [3.05, 3.63) is 45.8 Å². The summed E-state index contributed by atoms with van der Waals surface area (Å²) in [4.78, 5) is 16.3. The Morgan fingerprint density at radius 2 is 2.13 bits per heavy atom. The minimum absolute atomic E-state index is 0.249. The Balaban J connectivity index is 2.14. The van der Waals surface area contributed by atoms with Crippen LogP contribution in [-0.2, 0) is 6.42 Å². The second-order valence-electron chi connectivity index (χ2n) is 3.54. The number of aromatic amines is 2. The number of halogens is 1. The zero-order chi connectivity index (χ0) is 10.4. The van der Waals surface area contributed by atoms with E-state index in [1.807, 2.05) is 0 Å². The third kappa shape index (κ3) is 1.24. The van der Waals surface area contributed by atoms with Gasteiger partial charge in [0.2, 0.25) is 0 Å². The van der Waals surface area contributed by atoms with Gasteiger partial charge in [0.1, 0.15) is 11.6 Å². The van der Waals surface area contributed by atoms with Crippen molar-refractivity contribution in [2.75, 3.05) is 5.32 Å². The van der Waals surface area contributed by atoms with E-state index >= 15 is 0 Å². The molecule has 0 spiro atoms. The summed E-state index contributed by atoms with van der Waals surface area (Å²) in [5, 5.41) is 3.04. The molecule has 0 bridgehead atoms. The number of benzene rings is 1. The summed E-state index contributed by atoms with van der Waals surface area (Å²) < 4.78 is 13.0. The fourth-order valence-electron chi connectivity index (χ4n) is 1.81. The summed E-state index contributed by atoms with van der Waals surface area (Å²) >= 11 is 0. The van der Waals surface area contributed by atoms with E-state index in [1.165, 1.54) is 12.1 Å². The highest BCUT2D eigenvalue weighted by Gasteiger charge is 2.17. The van der Waals surface area contributed by atoms with Crippen molar-refractivity contribution < 1.29 is 4.39 Å². The van der Waals surface area contributed by atoms with Gasteiger partial charge in [0.25, 0.3) is 0 Å². The number of fused-ring (bicyclic) bond motifs is 2. The van der Waals surface area contributed by atoms with Gasteiger partial charge in [-0.15, -0.1) is 0 Å². The summed E-state index contributed by atoms with van der Waals surface area (Å²) in [6, 6.07) is 4.52. The highest BCUT2D eigenvalue weighted by molar-refractivity contribution is 5.67. The number of hydrogen-bond acceptors (Lipinski definition) is 2. The molecule has 0 saturated carbocycles. The monoisotopic (exact) mass is 205 g/mol. The predicted octanol–water partition coefficient (Wildman–Crippen LogP) is 1.49. The van der Waals surface area contributed by atoms with Crippen LogP contribution >= 0.6 is 0 Å². The first-order valence-corrected chi connectivity index (χ1v) is 4.59. The van der Waals surface area contributed by atoms with Crippen LogP contribution in [0.5, 0.6) is 0 Å². The molecule has 0 aliphatic carbocycles. The molecule has 1 aliphatic heterocycles. The third-order valence-corrected chi connectivity index (χ3v) is 2.50. The summed E-state index contributed by atoms with van der Waals surface area (Å²) in [6.07, 6.45) is 0.536. The van der Waals surface area contributed by atoms with E-state index in [1.54, 1.807) is 6.07 Å². The molecule has 5 heteroatoms. The zero-order valence-corrected chi connectivity index (χ0v) is 7.73. The number of anilines is 2. The van der Waals surface area contributed by atoms with Gasteiger partial charge in [-0.25, -0.2) is 9.18 Å². The number of aromatic nitrogens is 2. The fraction of sp³-hybridized carbons (Fsp3) is 0.100. The molecule has 2 aromatic rings. The molecule has 1 aromatic heterocycles. The molecule has 1 aliphatic rings. The number of hydrogen-bond donors (Lipinski definition) is 3. The van der Waals surface area contributed by atoms with E-state index in [-0.39, 0.29) is 11.5 Å². The molecular formula is C10H8FN3O. The Bertz CT molecular complexity index is 585. The Hall–Kier alpha value is -2.04. The average molecular weight is 205 g/mol. The first kappa shape index (κ1) is 8.28. The molecule has 0 unspecified atom stereocenters. The Kier molecular flexibility index (Phi) is 1.50. The first-order chi connectivity index (χ1) is 7.22. The summed E-state index contributed by atoms with van der Waals surface area (Å²) in [5.41, 5.74) is 2.19. The van der Waals surface area contributed by atoms with Crippen LogP contribution in [0.25, 0.3) is 0 Å². The van der Waals surface area contributed by atoms with Crippen LogP contribution in [0.2, 0.25) is 0 Å². The van der Waals surface area contributed by atoms with Crippen molar-refractivity contribution in [3.8, 4) is 0 Å². The van der Waals surface area contributed by atoms with Crippen LogP contribution in [-0.4, -0.2) is 9.97 Å². The van der Waals surface area contributed by atoms with Gasteiger partial charge >= 0.3 is 5.69 Å². The highest BCUT2D eigenvalue weighted by Crippen LogP contribution is 2.29. The van der Waals surface area contributed by atoms with Crippen molar-refractivity contribution >= 4 is 11.5 Å². The molecule has 4 nitrogen and oxygen atoms in total. The van der Waals surface area contributed by atoms with Gasteiger partial charge in [0.15, 0.2) is 0 Å². The van der Waals surface area contributed by atoms with E-state index in [2.05, 4.69) is 15.3 Å². The lowest BCUT2D eigenvalue weighted by molar-refractivity contribution is 0.626. The smallest absolute Gasteiger partial charge is 0.324 e. The van der Waals surface area contributed by atoms with E-state index in [0.29, 0.717) is 12.2 Å². The molecule has 76 valence electrons. The van der Waals surface area contributed by atoms with Gasteiger partial charge < -0.3 is 10.3 Å². The maximum Gasteiger partial charge on any atom is 0.324 e. The molecule has 3 rings (SSSR count). The summed E-state index contributed by atoms with van der Waals surface area (Å²) in [6.45, 7) is 0. The van der Waals surface area contributed by atoms with Gasteiger partial charge in [-0.05, 0) is 23.8 Å². The van der Waals surface area contributed by atoms with Gasteiger partial charge in [0.05, 0.1) is 5.69 Å². The standard InChI is InChI=1S/C10H8FN3O/c11-6-1-2-7-5(3-6)4-8-9(12-7)14-10(15)13-8/h1-3,12H,4H2,(H2,13,14,15).